The molecule has 0 radical (unpaired) electrons. The number of carbonyl (C=O) groups excluding carboxylic acids is 1. The number of nitrogens with one attached hydrogen (secondary N) is 2. The first-order valence-electron chi connectivity index (χ1n) is 6.97. The number of pyridine rings is 1. The molecule has 4 nitrogen and oxygen atoms in total. The van der Waals surface area contributed by atoms with Crippen LogP contribution in [0, 0.1) is 6.92 Å². The molecule has 1 rings (SSSR count). The van der Waals surface area contributed by atoms with Gasteiger partial charge in [0.2, 0.25) is 5.91 Å². The molecule has 1 aromatic heterocycles. The molecule has 1 amide bonds. The summed E-state index contributed by atoms with van der Waals surface area (Å²) in [4.78, 5) is 16.0. The molecular formula is C15H25N3O. The van der Waals surface area contributed by atoms with Crippen LogP contribution in [0.2, 0.25) is 0 Å². The maximum absolute atomic E-state index is 11.9. The van der Waals surface area contributed by atoms with Crippen LogP contribution in [0.5, 0.6) is 0 Å². The maximum Gasteiger partial charge on any atom is 0.237 e. The van der Waals surface area contributed by atoms with Crippen LogP contribution >= 0.6 is 0 Å². The smallest absolute Gasteiger partial charge is 0.237 e. The van der Waals surface area contributed by atoms with Crippen LogP contribution in [0.1, 0.15) is 44.7 Å². The van der Waals surface area contributed by atoms with E-state index in [-0.39, 0.29) is 18.0 Å². The van der Waals surface area contributed by atoms with Crippen LogP contribution in [0.25, 0.3) is 0 Å². The van der Waals surface area contributed by atoms with Gasteiger partial charge in [-0.1, -0.05) is 13.3 Å². The number of hydrogen-bond acceptors (Lipinski definition) is 3. The number of aromatic nitrogens is 1. The number of nitrogens with zero attached hydrogens (tertiary/aromatic N) is 1. The summed E-state index contributed by atoms with van der Waals surface area (Å²) < 4.78 is 0. The Morgan fingerprint density at radius 3 is 2.79 bits per heavy atom. The van der Waals surface area contributed by atoms with Crippen LogP contribution in [-0.2, 0) is 11.3 Å². The second-order valence-corrected chi connectivity index (χ2v) is 5.10. The Balaban J connectivity index is 2.40. The van der Waals surface area contributed by atoms with Crippen molar-refractivity contribution in [2.75, 3.05) is 0 Å². The SMILES string of the molecule is CCCC(C)NC(=O)C(C)NCc1ccncc1C. The summed E-state index contributed by atoms with van der Waals surface area (Å²) in [6, 6.07) is 2.03. The van der Waals surface area contributed by atoms with E-state index in [0.29, 0.717) is 6.54 Å². The fourth-order valence-electron chi connectivity index (χ4n) is 1.93. The molecular weight excluding hydrogens is 238 g/mol. The highest BCUT2D eigenvalue weighted by Gasteiger charge is 2.14. The van der Waals surface area contributed by atoms with E-state index in [9.17, 15) is 4.79 Å². The molecule has 0 aliphatic heterocycles. The first-order valence-corrected chi connectivity index (χ1v) is 6.97. The summed E-state index contributed by atoms with van der Waals surface area (Å²) in [5, 5.41) is 6.26. The zero-order chi connectivity index (χ0) is 14.3. The second-order valence-electron chi connectivity index (χ2n) is 5.10. The standard InChI is InChI=1S/C15H25N3O/c1-5-6-12(3)18-15(19)13(4)17-10-14-7-8-16-9-11(14)2/h7-9,12-13,17H,5-6,10H2,1-4H3,(H,18,19). The van der Waals surface area contributed by atoms with Crippen LogP contribution < -0.4 is 10.6 Å². The molecule has 4 heteroatoms. The summed E-state index contributed by atoms with van der Waals surface area (Å²) in [7, 11) is 0. The van der Waals surface area contributed by atoms with Crippen LogP contribution in [0.15, 0.2) is 18.5 Å². The molecule has 1 aromatic rings. The maximum atomic E-state index is 11.9. The van der Waals surface area contributed by atoms with Gasteiger partial charge in [0.25, 0.3) is 0 Å². The molecule has 106 valence electrons. The van der Waals surface area contributed by atoms with Gasteiger partial charge in [-0.25, -0.2) is 0 Å². The minimum absolute atomic E-state index is 0.0626. The fourth-order valence-corrected chi connectivity index (χ4v) is 1.93. The minimum atomic E-state index is -0.188. The average Bonchev–Trinajstić information content (AvgIpc) is 2.37. The van der Waals surface area contributed by atoms with Gasteiger partial charge in [-0.05, 0) is 44.4 Å². The van der Waals surface area contributed by atoms with E-state index in [0.717, 1.165) is 18.4 Å². The first-order chi connectivity index (χ1) is 9.04. The lowest BCUT2D eigenvalue weighted by molar-refractivity contribution is -0.123. The van der Waals surface area contributed by atoms with E-state index in [1.807, 2.05) is 33.0 Å². The second kappa shape index (κ2) is 7.89. The predicted octanol–water partition coefficient (Wildman–Crippen LogP) is 2.17. The van der Waals surface area contributed by atoms with Gasteiger partial charge in [0.1, 0.15) is 0 Å². The number of amides is 1. The predicted molar refractivity (Wildman–Crippen MR) is 77.8 cm³/mol. The summed E-state index contributed by atoms with van der Waals surface area (Å²) in [5.41, 5.74) is 2.32. The molecule has 0 saturated carbocycles. The van der Waals surface area contributed by atoms with Crippen molar-refractivity contribution >= 4 is 5.91 Å². The van der Waals surface area contributed by atoms with Gasteiger partial charge in [-0.15, -0.1) is 0 Å². The third-order valence-electron chi connectivity index (χ3n) is 3.24. The Kier molecular flexibility index (Phi) is 6.50. The summed E-state index contributed by atoms with van der Waals surface area (Å²) in [6.45, 7) is 8.77. The quantitative estimate of drug-likeness (QED) is 0.792. The number of rotatable bonds is 7. The molecule has 0 aliphatic rings. The number of carbonyl (C=O) groups is 1. The van der Waals surface area contributed by atoms with Crippen molar-refractivity contribution in [3.05, 3.63) is 29.6 Å². The van der Waals surface area contributed by atoms with Gasteiger partial charge >= 0.3 is 0 Å². The van der Waals surface area contributed by atoms with Crippen LogP contribution in [0.4, 0.5) is 0 Å². The molecule has 1 heterocycles. The first kappa shape index (κ1) is 15.6. The third kappa shape index (κ3) is 5.39. The Morgan fingerprint density at radius 2 is 2.16 bits per heavy atom. The highest BCUT2D eigenvalue weighted by atomic mass is 16.2. The van der Waals surface area contributed by atoms with Crippen molar-refractivity contribution in [1.82, 2.24) is 15.6 Å². The van der Waals surface area contributed by atoms with E-state index >= 15 is 0 Å². The van der Waals surface area contributed by atoms with E-state index in [4.69, 9.17) is 0 Å². The summed E-state index contributed by atoms with van der Waals surface area (Å²) >= 11 is 0. The van der Waals surface area contributed by atoms with Crippen molar-refractivity contribution in [2.24, 2.45) is 0 Å². The Bertz CT molecular complexity index is 406. The van der Waals surface area contributed by atoms with Crippen molar-refractivity contribution in [3.63, 3.8) is 0 Å². The highest BCUT2D eigenvalue weighted by molar-refractivity contribution is 5.81. The van der Waals surface area contributed by atoms with E-state index in [1.165, 1.54) is 5.56 Å². The molecule has 19 heavy (non-hydrogen) atoms. The summed E-state index contributed by atoms with van der Waals surface area (Å²) in [6.07, 6.45) is 5.71. The average molecular weight is 263 g/mol. The van der Waals surface area contributed by atoms with Gasteiger partial charge in [-0.3, -0.25) is 9.78 Å². The summed E-state index contributed by atoms with van der Waals surface area (Å²) in [5.74, 6) is 0.0626. The molecule has 0 spiro atoms. The molecule has 2 atom stereocenters. The third-order valence-corrected chi connectivity index (χ3v) is 3.24. The van der Waals surface area contributed by atoms with E-state index in [2.05, 4.69) is 22.5 Å². The van der Waals surface area contributed by atoms with Crippen molar-refractivity contribution in [1.29, 1.82) is 0 Å². The van der Waals surface area contributed by atoms with Crippen LogP contribution in [-0.4, -0.2) is 23.0 Å². The fraction of sp³-hybridized carbons (Fsp3) is 0.600. The van der Waals surface area contributed by atoms with Gasteiger partial charge in [0.05, 0.1) is 6.04 Å². The van der Waals surface area contributed by atoms with E-state index in [1.54, 1.807) is 6.20 Å². The van der Waals surface area contributed by atoms with Gasteiger partial charge in [0, 0.05) is 25.0 Å². The Labute approximate surface area is 116 Å². The Hall–Kier alpha value is -1.42. The largest absolute Gasteiger partial charge is 0.352 e. The molecule has 0 aromatic carbocycles. The highest BCUT2D eigenvalue weighted by Crippen LogP contribution is 2.04. The van der Waals surface area contributed by atoms with Crippen molar-refractivity contribution < 1.29 is 4.79 Å². The normalized spacial score (nSPS) is 13.9. The molecule has 0 aliphatic carbocycles. The molecule has 2 N–H and O–H groups in total. The molecule has 0 bridgehead atoms. The van der Waals surface area contributed by atoms with Crippen molar-refractivity contribution in [2.45, 2.75) is 59.2 Å². The lowest BCUT2D eigenvalue weighted by atomic mass is 10.1. The van der Waals surface area contributed by atoms with Gasteiger partial charge in [0.15, 0.2) is 0 Å². The van der Waals surface area contributed by atoms with Crippen LogP contribution in [0.3, 0.4) is 0 Å². The minimum Gasteiger partial charge on any atom is -0.352 e. The van der Waals surface area contributed by atoms with Gasteiger partial charge in [-0.2, -0.15) is 0 Å². The van der Waals surface area contributed by atoms with E-state index < -0.39 is 0 Å². The lowest BCUT2D eigenvalue weighted by Gasteiger charge is -2.18. The number of aryl methyl sites for hydroxylation is 1. The van der Waals surface area contributed by atoms with Gasteiger partial charge < -0.3 is 10.6 Å². The Morgan fingerprint density at radius 1 is 1.42 bits per heavy atom. The van der Waals surface area contributed by atoms with Crippen molar-refractivity contribution in [3.8, 4) is 0 Å². The zero-order valence-corrected chi connectivity index (χ0v) is 12.4. The monoisotopic (exact) mass is 263 g/mol. The topological polar surface area (TPSA) is 54.0 Å². The molecule has 2 unspecified atom stereocenters. The lowest BCUT2D eigenvalue weighted by Crippen LogP contribution is -2.45. The molecule has 0 saturated heterocycles. The zero-order valence-electron chi connectivity index (χ0n) is 12.4. The number of hydrogen-bond donors (Lipinski definition) is 2. The molecule has 0 fully saturated rings.